The molecule has 0 saturated heterocycles. The summed E-state index contributed by atoms with van der Waals surface area (Å²) in [6, 6.07) is 8.67. The molecular weight excluding hydrogens is 343 g/mol. The maximum atomic E-state index is 12.2. The van der Waals surface area contributed by atoms with Gasteiger partial charge >= 0.3 is 0 Å². The van der Waals surface area contributed by atoms with Crippen LogP contribution in [-0.2, 0) is 10.0 Å². The number of anilines is 2. The summed E-state index contributed by atoms with van der Waals surface area (Å²) in [7, 11) is -3.86. The minimum Gasteiger partial charge on any atom is -0.397 e. The number of nitrogens with two attached hydrogens (primary N) is 1. The Kier molecular flexibility index (Phi) is 4.34. The van der Waals surface area contributed by atoms with E-state index >= 15 is 0 Å². The van der Waals surface area contributed by atoms with E-state index in [0.717, 1.165) is 0 Å². The van der Waals surface area contributed by atoms with Crippen molar-refractivity contribution in [2.24, 2.45) is 0 Å². The molecule has 2 aromatic rings. The fraction of sp³-hybridized carbons (Fsp3) is 0. The van der Waals surface area contributed by atoms with Gasteiger partial charge in [-0.05, 0) is 30.3 Å². The zero-order chi connectivity index (χ0) is 14.9. The molecule has 0 aromatic heterocycles. The molecule has 0 radical (unpaired) electrons. The summed E-state index contributed by atoms with van der Waals surface area (Å²) in [6.45, 7) is 0. The Morgan fingerprint density at radius 2 is 1.55 bits per heavy atom. The number of para-hydroxylation sites is 1. The van der Waals surface area contributed by atoms with Crippen LogP contribution in [0.15, 0.2) is 41.3 Å². The molecule has 0 unspecified atom stereocenters. The minimum absolute atomic E-state index is 0.0320. The first-order valence-corrected chi connectivity index (χ1v) is 7.95. The van der Waals surface area contributed by atoms with Crippen LogP contribution in [0.1, 0.15) is 0 Å². The van der Waals surface area contributed by atoms with Crippen LogP contribution in [0.25, 0.3) is 0 Å². The van der Waals surface area contributed by atoms with E-state index in [4.69, 9.17) is 40.5 Å². The van der Waals surface area contributed by atoms with Crippen molar-refractivity contribution in [3.8, 4) is 0 Å². The average molecular weight is 352 g/mol. The molecule has 20 heavy (non-hydrogen) atoms. The van der Waals surface area contributed by atoms with Crippen LogP contribution in [0, 0.1) is 0 Å². The number of hydrogen-bond donors (Lipinski definition) is 2. The van der Waals surface area contributed by atoms with E-state index in [1.807, 2.05) is 0 Å². The SMILES string of the molecule is Nc1cc(S(=O)(=O)Nc2c(Cl)cccc2Cl)ccc1Cl. The molecular formula is C12H9Cl3N2O2S. The van der Waals surface area contributed by atoms with Crippen molar-refractivity contribution in [3.05, 3.63) is 51.5 Å². The third-order valence-electron chi connectivity index (χ3n) is 2.48. The van der Waals surface area contributed by atoms with E-state index < -0.39 is 10.0 Å². The molecule has 0 heterocycles. The Labute approximate surface area is 131 Å². The summed E-state index contributed by atoms with van der Waals surface area (Å²) >= 11 is 17.6. The van der Waals surface area contributed by atoms with Crippen molar-refractivity contribution in [1.82, 2.24) is 0 Å². The van der Waals surface area contributed by atoms with Crippen LogP contribution in [0.5, 0.6) is 0 Å². The second-order valence-electron chi connectivity index (χ2n) is 3.89. The fourth-order valence-corrected chi connectivity index (χ4v) is 3.33. The smallest absolute Gasteiger partial charge is 0.262 e. The summed E-state index contributed by atoms with van der Waals surface area (Å²) in [6.07, 6.45) is 0. The van der Waals surface area contributed by atoms with Crippen LogP contribution in [-0.4, -0.2) is 8.42 Å². The summed E-state index contributed by atoms with van der Waals surface area (Å²) in [5, 5.41) is 0.672. The second-order valence-corrected chi connectivity index (χ2v) is 6.79. The van der Waals surface area contributed by atoms with Crippen LogP contribution in [0.3, 0.4) is 0 Å². The van der Waals surface area contributed by atoms with Crippen LogP contribution < -0.4 is 10.5 Å². The van der Waals surface area contributed by atoms with Crippen LogP contribution in [0.4, 0.5) is 11.4 Å². The maximum absolute atomic E-state index is 12.2. The minimum atomic E-state index is -3.86. The summed E-state index contributed by atoms with van der Waals surface area (Å²) in [5.41, 5.74) is 5.88. The van der Waals surface area contributed by atoms with Gasteiger partial charge in [-0.2, -0.15) is 0 Å². The lowest BCUT2D eigenvalue weighted by molar-refractivity contribution is 0.601. The molecule has 0 amide bonds. The molecule has 0 fully saturated rings. The lowest BCUT2D eigenvalue weighted by atomic mass is 10.3. The molecule has 106 valence electrons. The molecule has 0 atom stereocenters. The van der Waals surface area contributed by atoms with Gasteiger partial charge in [0, 0.05) is 0 Å². The van der Waals surface area contributed by atoms with E-state index in [2.05, 4.69) is 4.72 Å². The molecule has 2 aromatic carbocycles. The molecule has 0 spiro atoms. The van der Waals surface area contributed by atoms with Gasteiger partial charge < -0.3 is 5.73 Å². The number of rotatable bonds is 3. The van der Waals surface area contributed by atoms with Gasteiger partial charge in [0.1, 0.15) is 0 Å². The summed E-state index contributed by atoms with van der Waals surface area (Å²) in [5.74, 6) is 0. The maximum Gasteiger partial charge on any atom is 0.262 e. The largest absolute Gasteiger partial charge is 0.397 e. The summed E-state index contributed by atoms with van der Waals surface area (Å²) in [4.78, 5) is -0.0320. The predicted octanol–water partition coefficient (Wildman–Crippen LogP) is 4.03. The fourth-order valence-electron chi connectivity index (χ4n) is 1.48. The lowest BCUT2D eigenvalue weighted by Gasteiger charge is -2.11. The second kappa shape index (κ2) is 5.69. The molecule has 8 heteroatoms. The zero-order valence-corrected chi connectivity index (χ0v) is 13.0. The van der Waals surface area contributed by atoms with E-state index in [1.54, 1.807) is 6.07 Å². The van der Waals surface area contributed by atoms with Crippen molar-refractivity contribution in [3.63, 3.8) is 0 Å². The molecule has 2 rings (SSSR count). The van der Waals surface area contributed by atoms with Crippen molar-refractivity contribution in [2.45, 2.75) is 4.90 Å². The normalized spacial score (nSPS) is 11.3. The van der Waals surface area contributed by atoms with Gasteiger partial charge in [-0.25, -0.2) is 8.42 Å². The zero-order valence-electron chi connectivity index (χ0n) is 9.90. The van der Waals surface area contributed by atoms with E-state index in [-0.39, 0.29) is 31.3 Å². The highest BCUT2D eigenvalue weighted by Gasteiger charge is 2.18. The third-order valence-corrected chi connectivity index (χ3v) is 4.80. The first kappa shape index (κ1) is 15.3. The van der Waals surface area contributed by atoms with Crippen molar-refractivity contribution in [1.29, 1.82) is 0 Å². The van der Waals surface area contributed by atoms with Crippen LogP contribution in [0.2, 0.25) is 15.1 Å². The quantitative estimate of drug-likeness (QED) is 0.820. The molecule has 3 N–H and O–H groups in total. The van der Waals surface area contributed by atoms with Crippen LogP contribution >= 0.6 is 34.8 Å². The molecule has 0 saturated carbocycles. The van der Waals surface area contributed by atoms with Gasteiger partial charge in [0.25, 0.3) is 10.0 Å². The van der Waals surface area contributed by atoms with Gasteiger partial charge in [-0.15, -0.1) is 0 Å². The van der Waals surface area contributed by atoms with Crippen molar-refractivity contribution >= 4 is 56.2 Å². The van der Waals surface area contributed by atoms with Gasteiger partial charge in [-0.1, -0.05) is 40.9 Å². The number of nitrogen functional groups attached to an aromatic ring is 1. The highest BCUT2D eigenvalue weighted by molar-refractivity contribution is 7.92. The molecule has 0 aliphatic carbocycles. The van der Waals surface area contributed by atoms with Gasteiger partial charge in [0.05, 0.1) is 31.3 Å². The molecule has 0 bridgehead atoms. The van der Waals surface area contributed by atoms with E-state index in [1.165, 1.54) is 30.3 Å². The highest BCUT2D eigenvalue weighted by Crippen LogP contribution is 2.32. The predicted molar refractivity (Wildman–Crippen MR) is 83.1 cm³/mol. The van der Waals surface area contributed by atoms with Gasteiger partial charge in [0.15, 0.2) is 0 Å². The number of hydrogen-bond acceptors (Lipinski definition) is 3. The number of nitrogens with one attached hydrogen (secondary N) is 1. The monoisotopic (exact) mass is 350 g/mol. The Morgan fingerprint density at radius 3 is 2.10 bits per heavy atom. The first-order valence-electron chi connectivity index (χ1n) is 5.33. The topological polar surface area (TPSA) is 72.2 Å². The standard InChI is InChI=1S/C12H9Cl3N2O2S/c13-8-5-4-7(6-11(8)16)20(18,19)17-12-9(14)2-1-3-10(12)15/h1-6,17H,16H2. The Balaban J connectivity index is 2.43. The van der Waals surface area contributed by atoms with Gasteiger partial charge in [-0.3, -0.25) is 4.72 Å². The molecule has 0 aliphatic heterocycles. The average Bonchev–Trinajstić information content (AvgIpc) is 2.37. The Bertz CT molecular complexity index is 743. The summed E-state index contributed by atoms with van der Waals surface area (Å²) < 4.78 is 26.8. The van der Waals surface area contributed by atoms with E-state index in [0.29, 0.717) is 0 Å². The number of halogens is 3. The van der Waals surface area contributed by atoms with Crippen molar-refractivity contribution < 1.29 is 8.42 Å². The highest BCUT2D eigenvalue weighted by atomic mass is 35.5. The van der Waals surface area contributed by atoms with Gasteiger partial charge in [0.2, 0.25) is 0 Å². The number of benzene rings is 2. The van der Waals surface area contributed by atoms with E-state index in [9.17, 15) is 8.42 Å². The first-order chi connectivity index (χ1) is 9.31. The Hall–Kier alpha value is -1.14. The molecule has 0 aliphatic rings. The lowest BCUT2D eigenvalue weighted by Crippen LogP contribution is -2.14. The van der Waals surface area contributed by atoms with Crippen molar-refractivity contribution in [2.75, 3.05) is 10.5 Å². The molecule has 4 nitrogen and oxygen atoms in total. The Morgan fingerprint density at radius 1 is 0.950 bits per heavy atom. The number of sulfonamides is 1. The third kappa shape index (κ3) is 3.12.